The molecule has 0 spiro atoms. The molecule has 1 atom stereocenters. The lowest BCUT2D eigenvalue weighted by atomic mass is 10.1. The zero-order chi connectivity index (χ0) is 19.4. The van der Waals surface area contributed by atoms with E-state index in [-0.39, 0.29) is 18.2 Å². The average molecular weight is 367 g/mol. The van der Waals surface area contributed by atoms with Crippen LogP contribution in [-0.2, 0) is 16.0 Å². The molecule has 140 valence electrons. The fraction of sp³-hybridized carbons (Fsp3) is 0.263. The molecule has 2 amide bonds. The summed E-state index contributed by atoms with van der Waals surface area (Å²) in [7, 11) is 0. The predicted molar refractivity (Wildman–Crippen MR) is 100 cm³/mol. The summed E-state index contributed by atoms with van der Waals surface area (Å²) in [5.41, 5.74) is 2.67. The van der Waals surface area contributed by atoms with E-state index in [9.17, 15) is 9.59 Å². The van der Waals surface area contributed by atoms with Crippen molar-refractivity contribution in [2.45, 2.75) is 33.2 Å². The number of amides is 2. The summed E-state index contributed by atoms with van der Waals surface area (Å²) in [6, 6.07) is 8.31. The molecule has 0 aliphatic rings. The van der Waals surface area contributed by atoms with Gasteiger partial charge in [0.1, 0.15) is 11.8 Å². The monoisotopic (exact) mass is 367 g/mol. The van der Waals surface area contributed by atoms with Crippen LogP contribution in [0.2, 0.25) is 0 Å². The van der Waals surface area contributed by atoms with Gasteiger partial charge in [0.2, 0.25) is 11.8 Å². The molecular weight excluding hydrogens is 346 g/mol. The van der Waals surface area contributed by atoms with E-state index < -0.39 is 6.04 Å². The molecule has 0 saturated carbocycles. The zero-order valence-corrected chi connectivity index (χ0v) is 15.4. The van der Waals surface area contributed by atoms with E-state index >= 15 is 0 Å². The van der Waals surface area contributed by atoms with Crippen LogP contribution in [0.1, 0.15) is 30.0 Å². The van der Waals surface area contributed by atoms with E-state index in [0.29, 0.717) is 22.8 Å². The molecule has 3 rings (SSSR count). The Labute approximate surface area is 156 Å². The van der Waals surface area contributed by atoms with Crippen LogP contribution in [0.4, 0.5) is 11.4 Å². The molecule has 8 nitrogen and oxygen atoms in total. The third kappa shape index (κ3) is 4.41. The fourth-order valence-electron chi connectivity index (χ4n) is 2.67. The first-order valence-electron chi connectivity index (χ1n) is 8.55. The predicted octanol–water partition coefficient (Wildman–Crippen LogP) is 2.87. The Morgan fingerprint density at radius 2 is 1.93 bits per heavy atom. The van der Waals surface area contributed by atoms with Gasteiger partial charge in [0.05, 0.1) is 12.1 Å². The van der Waals surface area contributed by atoms with Crippen molar-refractivity contribution in [3.05, 3.63) is 59.7 Å². The number of rotatable bonds is 6. The topological polar surface area (TPSA) is 102 Å². The van der Waals surface area contributed by atoms with Crippen LogP contribution in [0.25, 0.3) is 0 Å². The van der Waals surface area contributed by atoms with Crippen LogP contribution >= 0.6 is 0 Å². The van der Waals surface area contributed by atoms with Gasteiger partial charge in [-0.15, -0.1) is 0 Å². The van der Waals surface area contributed by atoms with Crippen molar-refractivity contribution in [2.24, 2.45) is 0 Å². The smallest absolute Gasteiger partial charge is 0.248 e. The number of nitrogens with one attached hydrogen (secondary N) is 2. The molecule has 0 radical (unpaired) electrons. The molecule has 8 heteroatoms. The van der Waals surface area contributed by atoms with Crippen LogP contribution in [0.15, 0.2) is 47.2 Å². The number of anilines is 2. The standard InChI is InChI=1S/C19H21N5O3/c1-12-17(14(3)27-23-12)11-18(25)21-15-6-4-7-16(10-15)22-19(26)13(2)24-9-5-8-20-24/h4-10,13H,11H2,1-3H3,(H,21,25)(H,22,26). The summed E-state index contributed by atoms with van der Waals surface area (Å²) in [5, 5.41) is 13.6. The third-order valence-electron chi connectivity index (χ3n) is 4.23. The van der Waals surface area contributed by atoms with Crippen molar-refractivity contribution in [2.75, 3.05) is 10.6 Å². The van der Waals surface area contributed by atoms with E-state index in [0.717, 1.165) is 5.56 Å². The highest BCUT2D eigenvalue weighted by Gasteiger charge is 2.16. The first-order valence-corrected chi connectivity index (χ1v) is 8.55. The summed E-state index contributed by atoms with van der Waals surface area (Å²) in [6.45, 7) is 5.34. The Morgan fingerprint density at radius 3 is 2.56 bits per heavy atom. The zero-order valence-electron chi connectivity index (χ0n) is 15.4. The van der Waals surface area contributed by atoms with Crippen molar-refractivity contribution in [3.63, 3.8) is 0 Å². The minimum Gasteiger partial charge on any atom is -0.361 e. The van der Waals surface area contributed by atoms with Crippen LogP contribution in [0, 0.1) is 13.8 Å². The lowest BCUT2D eigenvalue weighted by Crippen LogP contribution is -2.24. The number of carbonyl (C=O) groups excluding carboxylic acids is 2. The molecule has 0 aliphatic carbocycles. The maximum atomic E-state index is 12.4. The summed E-state index contributed by atoms with van der Waals surface area (Å²) < 4.78 is 6.65. The molecule has 3 aromatic rings. The molecular formula is C19H21N5O3. The number of aromatic nitrogens is 3. The van der Waals surface area contributed by atoms with Crippen LogP contribution in [0.5, 0.6) is 0 Å². The van der Waals surface area contributed by atoms with Crippen molar-refractivity contribution >= 4 is 23.2 Å². The molecule has 0 fully saturated rings. The molecule has 2 N–H and O–H groups in total. The molecule has 2 aromatic heterocycles. The van der Waals surface area contributed by atoms with Gasteiger partial charge in [0, 0.05) is 29.3 Å². The van der Waals surface area contributed by atoms with Crippen molar-refractivity contribution in [1.29, 1.82) is 0 Å². The number of benzene rings is 1. The maximum absolute atomic E-state index is 12.4. The highest BCUT2D eigenvalue weighted by Crippen LogP contribution is 2.18. The Balaban J connectivity index is 1.63. The van der Waals surface area contributed by atoms with Crippen LogP contribution < -0.4 is 10.6 Å². The molecule has 1 unspecified atom stereocenters. The largest absolute Gasteiger partial charge is 0.361 e. The van der Waals surface area contributed by atoms with Gasteiger partial charge in [-0.25, -0.2) is 0 Å². The van der Waals surface area contributed by atoms with E-state index in [2.05, 4.69) is 20.9 Å². The first kappa shape index (κ1) is 18.4. The molecule has 0 bridgehead atoms. The Morgan fingerprint density at radius 1 is 1.19 bits per heavy atom. The lowest BCUT2D eigenvalue weighted by Gasteiger charge is -2.13. The Kier molecular flexibility index (Phi) is 5.35. The van der Waals surface area contributed by atoms with Gasteiger partial charge in [-0.2, -0.15) is 5.10 Å². The van der Waals surface area contributed by atoms with E-state index in [1.165, 1.54) is 0 Å². The van der Waals surface area contributed by atoms with Crippen LogP contribution in [0.3, 0.4) is 0 Å². The summed E-state index contributed by atoms with van der Waals surface area (Å²) in [4.78, 5) is 24.7. The number of aryl methyl sites for hydroxylation is 2. The Hall–Kier alpha value is -3.42. The maximum Gasteiger partial charge on any atom is 0.248 e. The molecule has 2 heterocycles. The SMILES string of the molecule is Cc1noc(C)c1CC(=O)Nc1cccc(NC(=O)C(C)n2cccn2)c1. The van der Waals surface area contributed by atoms with E-state index in [1.807, 2.05) is 0 Å². The van der Waals surface area contributed by atoms with E-state index in [4.69, 9.17) is 4.52 Å². The van der Waals surface area contributed by atoms with Gasteiger partial charge in [-0.05, 0) is 45.0 Å². The van der Waals surface area contributed by atoms with Crippen molar-refractivity contribution < 1.29 is 14.1 Å². The van der Waals surface area contributed by atoms with Gasteiger partial charge in [-0.3, -0.25) is 14.3 Å². The second kappa shape index (κ2) is 7.86. The van der Waals surface area contributed by atoms with Gasteiger partial charge in [0.25, 0.3) is 0 Å². The third-order valence-corrected chi connectivity index (χ3v) is 4.23. The summed E-state index contributed by atoms with van der Waals surface area (Å²) in [6.07, 6.45) is 3.53. The van der Waals surface area contributed by atoms with Crippen molar-refractivity contribution in [3.8, 4) is 0 Å². The summed E-state index contributed by atoms with van der Waals surface area (Å²) >= 11 is 0. The minimum atomic E-state index is -0.446. The van der Waals surface area contributed by atoms with Gasteiger partial charge in [0.15, 0.2) is 0 Å². The van der Waals surface area contributed by atoms with Crippen molar-refractivity contribution in [1.82, 2.24) is 14.9 Å². The van der Waals surface area contributed by atoms with Gasteiger partial charge < -0.3 is 15.2 Å². The quantitative estimate of drug-likeness (QED) is 0.697. The number of hydrogen-bond donors (Lipinski definition) is 2. The fourth-order valence-corrected chi connectivity index (χ4v) is 2.67. The number of nitrogens with zero attached hydrogens (tertiary/aromatic N) is 3. The molecule has 1 aromatic carbocycles. The molecule has 27 heavy (non-hydrogen) atoms. The average Bonchev–Trinajstić information content (AvgIpc) is 3.27. The minimum absolute atomic E-state index is 0.175. The molecule has 0 aliphatic heterocycles. The highest BCUT2D eigenvalue weighted by atomic mass is 16.5. The molecule has 0 saturated heterocycles. The second-order valence-corrected chi connectivity index (χ2v) is 6.26. The number of carbonyl (C=O) groups is 2. The van der Waals surface area contributed by atoms with Crippen LogP contribution in [-0.4, -0.2) is 26.8 Å². The van der Waals surface area contributed by atoms with Gasteiger partial charge >= 0.3 is 0 Å². The highest BCUT2D eigenvalue weighted by molar-refractivity contribution is 5.96. The lowest BCUT2D eigenvalue weighted by molar-refractivity contribution is -0.119. The summed E-state index contributed by atoms with van der Waals surface area (Å²) in [5.74, 6) is 0.256. The van der Waals surface area contributed by atoms with E-state index in [1.54, 1.807) is 68.2 Å². The second-order valence-electron chi connectivity index (χ2n) is 6.26. The Bertz CT molecular complexity index is 927. The first-order chi connectivity index (χ1) is 12.9. The normalized spacial score (nSPS) is 11.8. The van der Waals surface area contributed by atoms with Gasteiger partial charge in [-0.1, -0.05) is 11.2 Å². The number of hydrogen-bond acceptors (Lipinski definition) is 5.